The predicted octanol–water partition coefficient (Wildman–Crippen LogP) is 4.06. The molecule has 0 amide bonds. The van der Waals surface area contributed by atoms with Crippen LogP contribution in [0.2, 0.25) is 0 Å². The van der Waals surface area contributed by atoms with E-state index in [0.29, 0.717) is 6.07 Å². The van der Waals surface area contributed by atoms with E-state index in [9.17, 15) is 27.7 Å². The van der Waals surface area contributed by atoms with Crippen molar-refractivity contribution in [2.24, 2.45) is 0 Å². The van der Waals surface area contributed by atoms with Gasteiger partial charge in [0.2, 0.25) is 5.95 Å². The monoisotopic (exact) mass is 457 g/mol. The van der Waals surface area contributed by atoms with Crippen LogP contribution in [0.3, 0.4) is 0 Å². The summed E-state index contributed by atoms with van der Waals surface area (Å²) in [7, 11) is 0. The van der Waals surface area contributed by atoms with Crippen LogP contribution in [0.4, 0.5) is 29.2 Å². The quantitative estimate of drug-likeness (QED) is 0.277. The number of nitro groups is 1. The van der Waals surface area contributed by atoms with Gasteiger partial charge in [-0.1, -0.05) is 12.1 Å². The molecule has 0 atom stereocenters. The third-order valence-corrected chi connectivity index (χ3v) is 4.77. The van der Waals surface area contributed by atoms with Crippen molar-refractivity contribution < 1.29 is 22.5 Å². The number of fused-ring (bicyclic) bond motifs is 1. The number of nitrogen functional groups attached to an aromatic ring is 1. The molecule has 33 heavy (non-hydrogen) atoms. The summed E-state index contributed by atoms with van der Waals surface area (Å²) < 4.78 is 55.9. The Morgan fingerprint density at radius 1 is 1.21 bits per heavy atom. The molecule has 0 unspecified atom stereocenters. The van der Waals surface area contributed by atoms with E-state index < -0.39 is 28.2 Å². The first-order valence-corrected chi connectivity index (χ1v) is 9.12. The SMILES string of the molecule is N#Cc1cccc(-c2nc(N)nc3c2ncn3Cc2ccc([N+](=O)[O-])c(C(F)(F)F)c2)c1F. The average Bonchev–Trinajstić information content (AvgIpc) is 3.15. The Hall–Kier alpha value is -4.60. The minimum absolute atomic E-state index is 0.00512. The van der Waals surface area contributed by atoms with Gasteiger partial charge in [-0.15, -0.1) is 0 Å². The number of nitro benzene ring substituents is 1. The first-order chi connectivity index (χ1) is 15.6. The molecule has 2 aromatic carbocycles. The van der Waals surface area contributed by atoms with Crippen molar-refractivity contribution in [2.75, 3.05) is 5.73 Å². The lowest BCUT2D eigenvalue weighted by molar-refractivity contribution is -0.388. The molecule has 0 saturated heterocycles. The van der Waals surface area contributed by atoms with Crippen molar-refractivity contribution in [1.82, 2.24) is 19.5 Å². The highest BCUT2D eigenvalue weighted by atomic mass is 19.4. The number of rotatable bonds is 4. The molecule has 13 heteroatoms. The fourth-order valence-corrected chi connectivity index (χ4v) is 3.33. The van der Waals surface area contributed by atoms with Gasteiger partial charge in [-0.25, -0.2) is 14.4 Å². The average molecular weight is 457 g/mol. The maximum absolute atomic E-state index is 14.7. The summed E-state index contributed by atoms with van der Waals surface area (Å²) in [5, 5.41) is 20.0. The third kappa shape index (κ3) is 3.89. The Morgan fingerprint density at radius 2 is 1.97 bits per heavy atom. The Balaban J connectivity index is 1.83. The molecule has 2 aromatic heterocycles. The molecule has 0 aliphatic carbocycles. The second-order valence-electron chi connectivity index (χ2n) is 6.86. The van der Waals surface area contributed by atoms with Crippen molar-refractivity contribution in [3.05, 3.63) is 75.3 Å². The van der Waals surface area contributed by atoms with Gasteiger partial charge in [-0.3, -0.25) is 10.1 Å². The third-order valence-electron chi connectivity index (χ3n) is 4.77. The highest BCUT2D eigenvalue weighted by Gasteiger charge is 2.38. The van der Waals surface area contributed by atoms with Crippen LogP contribution in [-0.2, 0) is 12.7 Å². The number of aromatic nitrogens is 4. The zero-order valence-electron chi connectivity index (χ0n) is 16.3. The number of hydrogen-bond acceptors (Lipinski definition) is 7. The molecular formula is C20H11F4N7O2. The van der Waals surface area contributed by atoms with E-state index in [2.05, 4.69) is 15.0 Å². The van der Waals surface area contributed by atoms with E-state index in [1.165, 1.54) is 35.2 Å². The first kappa shape index (κ1) is 21.6. The van der Waals surface area contributed by atoms with Gasteiger partial charge in [0.15, 0.2) is 5.65 Å². The van der Waals surface area contributed by atoms with Crippen LogP contribution in [0, 0.1) is 27.3 Å². The molecule has 4 aromatic rings. The number of anilines is 1. The van der Waals surface area contributed by atoms with Crippen molar-refractivity contribution in [3.63, 3.8) is 0 Å². The molecular weight excluding hydrogens is 446 g/mol. The van der Waals surface area contributed by atoms with Crippen LogP contribution in [-0.4, -0.2) is 24.4 Å². The number of hydrogen-bond donors (Lipinski definition) is 1. The van der Waals surface area contributed by atoms with Crippen molar-refractivity contribution in [1.29, 1.82) is 5.26 Å². The maximum atomic E-state index is 14.7. The number of nitriles is 1. The number of halogens is 4. The second kappa shape index (κ2) is 7.83. The van der Waals surface area contributed by atoms with Crippen LogP contribution < -0.4 is 5.73 Å². The zero-order valence-corrected chi connectivity index (χ0v) is 16.3. The summed E-state index contributed by atoms with van der Waals surface area (Å²) in [6, 6.07) is 8.46. The summed E-state index contributed by atoms with van der Waals surface area (Å²) in [5.41, 5.74) is 3.34. The van der Waals surface area contributed by atoms with E-state index in [0.717, 1.165) is 6.07 Å². The number of imidazole rings is 1. The lowest BCUT2D eigenvalue weighted by Gasteiger charge is -2.11. The predicted molar refractivity (Wildman–Crippen MR) is 107 cm³/mol. The van der Waals surface area contributed by atoms with Crippen LogP contribution >= 0.6 is 0 Å². The van der Waals surface area contributed by atoms with Crippen LogP contribution in [0.25, 0.3) is 22.4 Å². The lowest BCUT2D eigenvalue weighted by Crippen LogP contribution is -2.10. The highest BCUT2D eigenvalue weighted by Crippen LogP contribution is 2.37. The molecule has 4 rings (SSSR count). The molecule has 9 nitrogen and oxygen atoms in total. The largest absolute Gasteiger partial charge is 0.423 e. The molecule has 0 saturated carbocycles. The van der Waals surface area contributed by atoms with Gasteiger partial charge < -0.3 is 10.3 Å². The standard InChI is InChI=1S/C20H11F4N7O2/c21-15-11(7-25)2-1-3-12(15)16-17-18(29-19(26)28-16)30(9-27-17)8-10-4-5-14(31(32)33)13(6-10)20(22,23)24/h1-6,9H,8H2,(H2,26,28,29). The Bertz CT molecular complexity index is 1460. The van der Waals surface area contributed by atoms with Crippen molar-refractivity contribution in [3.8, 4) is 17.3 Å². The molecule has 0 bridgehead atoms. The number of nitrogens with zero attached hydrogens (tertiary/aromatic N) is 6. The zero-order chi connectivity index (χ0) is 23.9. The van der Waals surface area contributed by atoms with E-state index in [1.807, 2.05) is 0 Å². The van der Waals surface area contributed by atoms with Crippen LogP contribution in [0.5, 0.6) is 0 Å². The molecule has 166 valence electrons. The minimum Gasteiger partial charge on any atom is -0.368 e. The fourth-order valence-electron chi connectivity index (χ4n) is 3.33. The van der Waals surface area contributed by atoms with Gasteiger partial charge in [0.25, 0.3) is 5.69 Å². The van der Waals surface area contributed by atoms with E-state index in [-0.39, 0.29) is 46.0 Å². The number of alkyl halides is 3. The van der Waals surface area contributed by atoms with Gasteiger partial charge in [0.1, 0.15) is 28.7 Å². The Labute approximate surface area is 181 Å². The molecule has 2 heterocycles. The van der Waals surface area contributed by atoms with Crippen LogP contribution in [0.15, 0.2) is 42.7 Å². The van der Waals surface area contributed by atoms with Crippen LogP contribution in [0.1, 0.15) is 16.7 Å². The summed E-state index contributed by atoms with van der Waals surface area (Å²) in [4.78, 5) is 22.1. The number of benzene rings is 2. The minimum atomic E-state index is -4.93. The highest BCUT2D eigenvalue weighted by molar-refractivity contribution is 5.88. The number of nitrogens with two attached hydrogens (primary N) is 1. The lowest BCUT2D eigenvalue weighted by atomic mass is 10.1. The maximum Gasteiger partial charge on any atom is 0.423 e. The second-order valence-corrected chi connectivity index (χ2v) is 6.86. The smallest absolute Gasteiger partial charge is 0.368 e. The Morgan fingerprint density at radius 3 is 2.64 bits per heavy atom. The summed E-state index contributed by atoms with van der Waals surface area (Å²) in [6.45, 7) is -0.186. The van der Waals surface area contributed by atoms with Gasteiger partial charge in [-0.2, -0.15) is 23.4 Å². The Kier molecular flexibility index (Phi) is 5.13. The molecule has 0 spiro atoms. The van der Waals surface area contributed by atoms with Gasteiger partial charge in [-0.05, 0) is 23.8 Å². The van der Waals surface area contributed by atoms with Crippen molar-refractivity contribution in [2.45, 2.75) is 12.7 Å². The summed E-state index contributed by atoms with van der Waals surface area (Å²) in [6.07, 6.45) is -3.68. The van der Waals surface area contributed by atoms with Gasteiger partial charge in [0.05, 0.1) is 23.4 Å². The van der Waals surface area contributed by atoms with E-state index in [4.69, 9.17) is 11.0 Å². The van der Waals surface area contributed by atoms with E-state index in [1.54, 1.807) is 6.07 Å². The van der Waals surface area contributed by atoms with Gasteiger partial charge in [0, 0.05) is 11.6 Å². The normalized spacial score (nSPS) is 11.5. The first-order valence-electron chi connectivity index (χ1n) is 9.12. The molecule has 0 aliphatic rings. The van der Waals surface area contributed by atoms with E-state index >= 15 is 0 Å². The molecule has 0 radical (unpaired) electrons. The van der Waals surface area contributed by atoms with Gasteiger partial charge >= 0.3 is 6.18 Å². The fraction of sp³-hybridized carbons (Fsp3) is 0.100. The van der Waals surface area contributed by atoms with Crippen molar-refractivity contribution >= 4 is 22.8 Å². The molecule has 0 fully saturated rings. The summed E-state index contributed by atoms with van der Waals surface area (Å²) >= 11 is 0. The summed E-state index contributed by atoms with van der Waals surface area (Å²) in [5.74, 6) is -1.08. The topological polar surface area (TPSA) is 137 Å². The molecule has 0 aliphatic heterocycles. The molecule has 2 N–H and O–H groups in total.